The lowest BCUT2D eigenvalue weighted by Crippen LogP contribution is -2.32. The number of H-pyrrole nitrogens is 1. The Labute approximate surface area is 128 Å². The Kier molecular flexibility index (Phi) is 9.66. The third kappa shape index (κ3) is 5.18. The van der Waals surface area contributed by atoms with Crippen molar-refractivity contribution in [3.63, 3.8) is 0 Å². The topological polar surface area (TPSA) is 124 Å². The van der Waals surface area contributed by atoms with E-state index >= 15 is 0 Å². The molecule has 0 saturated carbocycles. The van der Waals surface area contributed by atoms with Gasteiger partial charge in [0.2, 0.25) is 0 Å². The Morgan fingerprint density at radius 1 is 1.30 bits per heavy atom. The van der Waals surface area contributed by atoms with Gasteiger partial charge < -0.3 is 21.3 Å². The lowest BCUT2D eigenvalue weighted by molar-refractivity contribution is -0.138. The molecule has 1 aromatic carbocycles. The van der Waals surface area contributed by atoms with Crippen molar-refractivity contribution in [3.8, 4) is 11.4 Å². The number of carboxylic acid groups (broad SMARTS) is 1. The van der Waals surface area contributed by atoms with Crippen LogP contribution in [0.4, 0.5) is 0 Å². The number of hydrogen-bond donors (Lipinski definition) is 3. The highest BCUT2D eigenvalue weighted by Gasteiger charge is 2.11. The van der Waals surface area contributed by atoms with Crippen LogP contribution < -0.4 is 5.73 Å². The van der Waals surface area contributed by atoms with Crippen LogP contribution >= 0.6 is 24.8 Å². The Morgan fingerprint density at radius 3 is 2.35 bits per heavy atom. The molecule has 0 amide bonds. The minimum absolute atomic E-state index is 0. The number of benzene rings is 1. The van der Waals surface area contributed by atoms with Crippen LogP contribution in [-0.4, -0.2) is 32.6 Å². The number of rotatable bonds is 4. The quantitative estimate of drug-likeness (QED) is 0.778. The molecule has 0 aliphatic heterocycles. The van der Waals surface area contributed by atoms with E-state index in [0.29, 0.717) is 6.42 Å². The number of nitrogens with zero attached hydrogens (tertiary/aromatic N) is 1. The van der Waals surface area contributed by atoms with Gasteiger partial charge in [0, 0.05) is 18.0 Å². The fourth-order valence-corrected chi connectivity index (χ4v) is 1.56. The lowest BCUT2D eigenvalue weighted by Gasteiger charge is -2.06. The maximum atomic E-state index is 10.6. The van der Waals surface area contributed by atoms with Crippen LogP contribution in [0.2, 0.25) is 0 Å². The van der Waals surface area contributed by atoms with Crippen LogP contribution in [0, 0.1) is 0 Å². The van der Waals surface area contributed by atoms with Crippen LogP contribution in [0.25, 0.3) is 11.4 Å². The van der Waals surface area contributed by atoms with Gasteiger partial charge in [0.15, 0.2) is 0 Å². The lowest BCUT2D eigenvalue weighted by atomic mass is 10.0. The number of carbonyl (C=O) groups is 1. The fourth-order valence-electron chi connectivity index (χ4n) is 1.56. The number of carboxylic acids is 1. The molecular weight excluding hydrogens is 305 g/mol. The van der Waals surface area contributed by atoms with Crippen LogP contribution in [-0.2, 0) is 11.2 Å². The fraction of sp³-hybridized carbons (Fsp3) is 0.167. The van der Waals surface area contributed by atoms with Crippen molar-refractivity contribution in [2.75, 3.05) is 0 Å². The van der Waals surface area contributed by atoms with Crippen molar-refractivity contribution < 1.29 is 15.4 Å². The van der Waals surface area contributed by atoms with Gasteiger partial charge in [-0.2, -0.15) is 0 Å². The van der Waals surface area contributed by atoms with Gasteiger partial charge >= 0.3 is 5.97 Å². The van der Waals surface area contributed by atoms with Crippen molar-refractivity contribution in [1.29, 1.82) is 0 Å². The van der Waals surface area contributed by atoms with Crippen LogP contribution in [0.3, 0.4) is 0 Å². The zero-order valence-electron chi connectivity index (χ0n) is 10.4. The Balaban J connectivity index is 0. The maximum Gasteiger partial charge on any atom is 0.320 e. The van der Waals surface area contributed by atoms with Crippen molar-refractivity contribution in [2.24, 2.45) is 5.73 Å². The molecule has 1 aromatic heterocycles. The first-order valence-electron chi connectivity index (χ1n) is 5.24. The van der Waals surface area contributed by atoms with E-state index in [1.54, 1.807) is 12.4 Å². The molecule has 2 rings (SSSR count). The van der Waals surface area contributed by atoms with Crippen molar-refractivity contribution in [1.82, 2.24) is 9.97 Å². The first-order chi connectivity index (χ1) is 8.16. The second kappa shape index (κ2) is 9.33. The molecule has 0 spiro atoms. The van der Waals surface area contributed by atoms with Gasteiger partial charge in [-0.3, -0.25) is 4.79 Å². The van der Waals surface area contributed by atoms with Gasteiger partial charge in [-0.05, 0) is 12.0 Å². The molecule has 6 nitrogen and oxygen atoms in total. The minimum atomic E-state index is -0.986. The SMILES string of the molecule is Cl.Cl.N[C@@H](Cc1ccc(-c2ncc[nH]2)cc1)C(=O)O.O. The number of imidazole rings is 1. The average molecular weight is 322 g/mol. The molecule has 6 N–H and O–H groups in total. The standard InChI is InChI=1S/C12H13N3O2.2ClH.H2O/c13-10(12(16)17)7-8-1-3-9(4-2-8)11-14-5-6-15-11;;;/h1-6,10H,7,13H2,(H,14,15)(H,16,17);2*1H;1H2/t10-;;;/m0.../s1. The first-order valence-corrected chi connectivity index (χ1v) is 5.24. The third-order valence-electron chi connectivity index (χ3n) is 2.50. The van der Waals surface area contributed by atoms with Crippen LogP contribution in [0.5, 0.6) is 0 Å². The monoisotopic (exact) mass is 321 g/mol. The Hall–Kier alpha value is -1.60. The summed E-state index contributed by atoms with van der Waals surface area (Å²) in [5.74, 6) is -0.195. The molecule has 0 unspecified atom stereocenters. The van der Waals surface area contributed by atoms with E-state index < -0.39 is 12.0 Å². The Morgan fingerprint density at radius 2 is 1.90 bits per heavy atom. The number of nitrogens with two attached hydrogens (primary N) is 1. The molecule has 0 radical (unpaired) electrons. The predicted octanol–water partition coefficient (Wildman–Crippen LogP) is 1.05. The molecule has 0 saturated heterocycles. The smallest absolute Gasteiger partial charge is 0.320 e. The summed E-state index contributed by atoms with van der Waals surface area (Å²) in [7, 11) is 0. The largest absolute Gasteiger partial charge is 0.480 e. The van der Waals surface area contributed by atoms with E-state index in [0.717, 1.165) is 17.0 Å². The summed E-state index contributed by atoms with van der Waals surface area (Å²) in [5, 5.41) is 8.71. The van der Waals surface area contributed by atoms with Crippen molar-refractivity contribution in [2.45, 2.75) is 12.5 Å². The summed E-state index contributed by atoms with van der Waals surface area (Å²) in [6.45, 7) is 0. The van der Waals surface area contributed by atoms with Gasteiger partial charge in [-0.1, -0.05) is 24.3 Å². The molecule has 0 aliphatic carbocycles. The molecule has 112 valence electrons. The highest BCUT2D eigenvalue weighted by atomic mass is 35.5. The van der Waals surface area contributed by atoms with Gasteiger partial charge in [-0.25, -0.2) is 4.98 Å². The highest BCUT2D eigenvalue weighted by molar-refractivity contribution is 5.85. The summed E-state index contributed by atoms with van der Waals surface area (Å²) in [5.41, 5.74) is 7.32. The zero-order valence-corrected chi connectivity index (χ0v) is 12.1. The molecule has 0 bridgehead atoms. The third-order valence-corrected chi connectivity index (χ3v) is 2.50. The van der Waals surface area contributed by atoms with E-state index in [4.69, 9.17) is 10.8 Å². The van der Waals surface area contributed by atoms with Crippen molar-refractivity contribution >= 4 is 30.8 Å². The normalized spacial score (nSPS) is 10.4. The number of aromatic nitrogens is 2. The van der Waals surface area contributed by atoms with E-state index in [2.05, 4.69) is 9.97 Å². The number of hydrogen-bond acceptors (Lipinski definition) is 3. The molecule has 20 heavy (non-hydrogen) atoms. The molecule has 0 aliphatic rings. The van der Waals surface area contributed by atoms with Gasteiger partial charge in [0.05, 0.1) is 0 Å². The number of nitrogens with one attached hydrogen (secondary N) is 1. The molecule has 1 atom stereocenters. The minimum Gasteiger partial charge on any atom is -0.480 e. The maximum absolute atomic E-state index is 10.6. The number of halogens is 2. The second-order valence-corrected chi connectivity index (χ2v) is 3.78. The van der Waals surface area contributed by atoms with Gasteiger partial charge in [0.1, 0.15) is 11.9 Å². The van der Waals surface area contributed by atoms with Gasteiger partial charge in [-0.15, -0.1) is 24.8 Å². The number of aliphatic carboxylic acids is 1. The van der Waals surface area contributed by atoms with E-state index in [9.17, 15) is 4.79 Å². The molecule has 1 heterocycles. The Bertz CT molecular complexity index is 503. The van der Waals surface area contributed by atoms with Crippen LogP contribution in [0.15, 0.2) is 36.7 Å². The summed E-state index contributed by atoms with van der Waals surface area (Å²) < 4.78 is 0. The van der Waals surface area contributed by atoms with Crippen LogP contribution in [0.1, 0.15) is 5.56 Å². The first kappa shape index (κ1) is 20.7. The second-order valence-electron chi connectivity index (χ2n) is 3.78. The van der Waals surface area contributed by atoms with Crippen molar-refractivity contribution in [3.05, 3.63) is 42.2 Å². The zero-order chi connectivity index (χ0) is 12.3. The predicted molar refractivity (Wildman–Crippen MR) is 81.4 cm³/mol. The summed E-state index contributed by atoms with van der Waals surface area (Å²) in [6.07, 6.45) is 3.76. The molecule has 0 fully saturated rings. The number of aromatic amines is 1. The summed E-state index contributed by atoms with van der Waals surface area (Å²) in [6, 6.07) is 6.65. The summed E-state index contributed by atoms with van der Waals surface area (Å²) >= 11 is 0. The molecular formula is C12H17Cl2N3O3. The average Bonchev–Trinajstić information content (AvgIpc) is 2.83. The van der Waals surface area contributed by atoms with E-state index in [-0.39, 0.29) is 30.3 Å². The highest BCUT2D eigenvalue weighted by Crippen LogP contribution is 2.15. The van der Waals surface area contributed by atoms with Gasteiger partial charge in [0.25, 0.3) is 0 Å². The molecule has 8 heteroatoms. The van der Waals surface area contributed by atoms with E-state index in [1.165, 1.54) is 0 Å². The summed E-state index contributed by atoms with van der Waals surface area (Å²) in [4.78, 5) is 17.8. The molecule has 2 aromatic rings. The van der Waals surface area contributed by atoms with E-state index in [1.807, 2.05) is 24.3 Å².